The van der Waals surface area contributed by atoms with E-state index in [4.69, 9.17) is 15.5 Å². The summed E-state index contributed by atoms with van der Waals surface area (Å²) in [5.74, 6) is -1.22. The highest BCUT2D eigenvalue weighted by Crippen LogP contribution is 2.32. The van der Waals surface area contributed by atoms with E-state index in [0.29, 0.717) is 39.1 Å². The Hall–Kier alpha value is -4.79. The number of nitrogen functional groups attached to an aromatic ring is 1. The van der Waals surface area contributed by atoms with Crippen molar-refractivity contribution in [3.8, 4) is 5.69 Å². The lowest BCUT2D eigenvalue weighted by Crippen LogP contribution is -2.12. The number of nitrogens with one attached hydrogen (secondary N) is 1. The number of para-hydroxylation sites is 2. The molecule has 0 unspecified atom stereocenters. The molecule has 0 saturated carbocycles. The Balaban J connectivity index is 1.56. The Bertz CT molecular complexity index is 1580. The topological polar surface area (TPSA) is 112 Å². The molecule has 35 heavy (non-hydrogen) atoms. The Morgan fingerprint density at radius 1 is 0.971 bits per heavy atom. The van der Waals surface area contributed by atoms with Crippen molar-refractivity contribution in [3.63, 3.8) is 0 Å². The molecule has 0 fully saturated rings. The maximum absolute atomic E-state index is 13.1. The maximum Gasteiger partial charge on any atom is 0.344 e. The van der Waals surface area contributed by atoms with Crippen molar-refractivity contribution in [1.29, 1.82) is 0 Å². The molecule has 2 aromatic heterocycles. The molecule has 0 atom stereocenters. The standard InChI is InChI=1S/C26H20FN5O3/c1-2-35-26(34)21-22-24(31-20-6-4-3-5-19(20)30-22)32(23(21)28)18-13-11-17(12-14-18)29-25(33)15-7-9-16(27)10-8-15/h3-14H,2,28H2,1H3,(H,29,33). The van der Waals surface area contributed by atoms with Gasteiger partial charge in [0.25, 0.3) is 5.91 Å². The summed E-state index contributed by atoms with van der Waals surface area (Å²) in [5, 5.41) is 2.77. The van der Waals surface area contributed by atoms with Gasteiger partial charge in [-0.3, -0.25) is 9.36 Å². The van der Waals surface area contributed by atoms with Crippen molar-refractivity contribution >= 4 is 45.6 Å². The number of nitrogens with zero attached hydrogens (tertiary/aromatic N) is 3. The number of hydrogen-bond donors (Lipinski definition) is 2. The number of aromatic nitrogens is 3. The molecule has 174 valence electrons. The fraction of sp³-hybridized carbons (Fsp3) is 0.0769. The molecular formula is C26H20FN5O3. The molecule has 5 rings (SSSR count). The van der Waals surface area contributed by atoms with Crippen LogP contribution in [0.3, 0.4) is 0 Å². The van der Waals surface area contributed by atoms with Crippen molar-refractivity contribution in [1.82, 2.24) is 14.5 Å². The second-order valence-electron chi connectivity index (χ2n) is 7.71. The molecule has 0 aliphatic rings. The zero-order valence-electron chi connectivity index (χ0n) is 18.7. The van der Waals surface area contributed by atoms with Crippen molar-refractivity contribution < 1.29 is 18.7 Å². The SMILES string of the molecule is CCOC(=O)c1c(N)n(-c2ccc(NC(=O)c3ccc(F)cc3)cc2)c2nc3ccccc3nc12. The van der Waals surface area contributed by atoms with Crippen molar-refractivity contribution in [2.24, 2.45) is 0 Å². The maximum atomic E-state index is 13.1. The molecule has 0 saturated heterocycles. The van der Waals surface area contributed by atoms with E-state index in [0.717, 1.165) is 0 Å². The number of fused-ring (bicyclic) bond motifs is 2. The summed E-state index contributed by atoms with van der Waals surface area (Å²) in [5.41, 5.74) is 10.1. The van der Waals surface area contributed by atoms with E-state index < -0.39 is 11.8 Å². The summed E-state index contributed by atoms with van der Waals surface area (Å²) in [7, 11) is 0. The van der Waals surface area contributed by atoms with E-state index in [9.17, 15) is 14.0 Å². The average molecular weight is 469 g/mol. The number of amides is 1. The molecule has 5 aromatic rings. The number of esters is 1. The van der Waals surface area contributed by atoms with Gasteiger partial charge in [-0.15, -0.1) is 0 Å². The quantitative estimate of drug-likeness (QED) is 0.360. The van der Waals surface area contributed by atoms with Crippen LogP contribution in [-0.4, -0.2) is 33.0 Å². The van der Waals surface area contributed by atoms with Crippen LogP contribution in [0, 0.1) is 5.82 Å². The first-order chi connectivity index (χ1) is 17.0. The summed E-state index contributed by atoms with van der Waals surface area (Å²) in [4.78, 5) is 34.5. The first-order valence-electron chi connectivity index (χ1n) is 10.9. The van der Waals surface area contributed by atoms with Gasteiger partial charge in [-0.25, -0.2) is 19.2 Å². The highest BCUT2D eigenvalue weighted by Gasteiger charge is 2.25. The minimum atomic E-state index is -0.582. The van der Waals surface area contributed by atoms with Gasteiger partial charge in [0.2, 0.25) is 0 Å². The molecular weight excluding hydrogens is 449 g/mol. The second-order valence-corrected chi connectivity index (χ2v) is 7.71. The molecule has 3 N–H and O–H groups in total. The Morgan fingerprint density at radius 2 is 1.63 bits per heavy atom. The van der Waals surface area contributed by atoms with Gasteiger partial charge < -0.3 is 15.8 Å². The van der Waals surface area contributed by atoms with Crippen LogP contribution in [0.5, 0.6) is 0 Å². The van der Waals surface area contributed by atoms with Crippen LogP contribution in [0.1, 0.15) is 27.6 Å². The lowest BCUT2D eigenvalue weighted by molar-refractivity contribution is 0.0529. The zero-order chi connectivity index (χ0) is 24.5. The van der Waals surface area contributed by atoms with Gasteiger partial charge in [0.15, 0.2) is 5.65 Å². The van der Waals surface area contributed by atoms with E-state index in [2.05, 4.69) is 10.3 Å². The Morgan fingerprint density at radius 3 is 2.29 bits per heavy atom. The normalized spacial score (nSPS) is 11.0. The van der Waals surface area contributed by atoms with Gasteiger partial charge in [-0.2, -0.15) is 0 Å². The molecule has 2 heterocycles. The predicted octanol–water partition coefficient (Wildman–Crippen LogP) is 4.72. The summed E-state index contributed by atoms with van der Waals surface area (Å²) in [6, 6.07) is 19.5. The lowest BCUT2D eigenvalue weighted by atomic mass is 10.2. The smallest absolute Gasteiger partial charge is 0.344 e. The minimum absolute atomic E-state index is 0.147. The van der Waals surface area contributed by atoms with E-state index in [1.165, 1.54) is 24.3 Å². The van der Waals surface area contributed by atoms with Gasteiger partial charge in [0, 0.05) is 16.9 Å². The molecule has 0 spiro atoms. The van der Waals surface area contributed by atoms with Gasteiger partial charge in [0.05, 0.1) is 17.6 Å². The van der Waals surface area contributed by atoms with E-state index in [1.54, 1.807) is 35.8 Å². The molecule has 9 heteroatoms. The van der Waals surface area contributed by atoms with E-state index in [1.807, 2.05) is 24.3 Å². The number of nitrogens with two attached hydrogens (primary N) is 1. The highest BCUT2D eigenvalue weighted by molar-refractivity contribution is 6.09. The fourth-order valence-corrected chi connectivity index (χ4v) is 3.83. The van der Waals surface area contributed by atoms with Crippen LogP contribution in [0.2, 0.25) is 0 Å². The van der Waals surface area contributed by atoms with Gasteiger partial charge in [0.1, 0.15) is 22.7 Å². The van der Waals surface area contributed by atoms with Crippen LogP contribution in [0.25, 0.3) is 27.9 Å². The number of hydrogen-bond acceptors (Lipinski definition) is 6. The van der Waals surface area contributed by atoms with Crippen LogP contribution < -0.4 is 11.1 Å². The predicted molar refractivity (Wildman–Crippen MR) is 131 cm³/mol. The Kier molecular flexibility index (Phi) is 5.58. The molecule has 0 radical (unpaired) electrons. The van der Waals surface area contributed by atoms with Gasteiger partial charge in [-0.05, 0) is 67.6 Å². The fourth-order valence-electron chi connectivity index (χ4n) is 3.83. The summed E-state index contributed by atoms with van der Waals surface area (Å²) in [6.07, 6.45) is 0. The van der Waals surface area contributed by atoms with Crippen molar-refractivity contribution in [3.05, 3.63) is 89.7 Å². The number of carbonyl (C=O) groups excluding carboxylic acids is 2. The third-order valence-electron chi connectivity index (χ3n) is 5.47. The van der Waals surface area contributed by atoms with Crippen molar-refractivity contribution in [2.45, 2.75) is 6.92 Å². The second kappa shape index (κ2) is 8.86. The van der Waals surface area contributed by atoms with E-state index in [-0.39, 0.29) is 23.9 Å². The Labute approximate surface area is 199 Å². The van der Waals surface area contributed by atoms with Crippen molar-refractivity contribution in [2.75, 3.05) is 17.7 Å². The molecule has 8 nitrogen and oxygen atoms in total. The van der Waals surface area contributed by atoms with E-state index >= 15 is 0 Å². The molecule has 1 amide bonds. The summed E-state index contributed by atoms with van der Waals surface area (Å²) in [6.45, 7) is 1.90. The van der Waals surface area contributed by atoms with Crippen LogP contribution in [0.15, 0.2) is 72.8 Å². The lowest BCUT2D eigenvalue weighted by Gasteiger charge is -2.10. The molecule has 0 aliphatic heterocycles. The molecule has 0 aliphatic carbocycles. The van der Waals surface area contributed by atoms with Gasteiger partial charge in [-0.1, -0.05) is 12.1 Å². The molecule has 0 bridgehead atoms. The van der Waals surface area contributed by atoms with Crippen LogP contribution in [-0.2, 0) is 4.74 Å². The molecule has 3 aromatic carbocycles. The van der Waals surface area contributed by atoms with Crippen LogP contribution in [0.4, 0.5) is 15.9 Å². The number of carbonyl (C=O) groups is 2. The number of benzene rings is 3. The largest absolute Gasteiger partial charge is 0.462 e. The third kappa shape index (κ3) is 4.04. The number of ether oxygens (including phenoxy) is 1. The number of anilines is 2. The third-order valence-corrected chi connectivity index (χ3v) is 5.47. The minimum Gasteiger partial charge on any atom is -0.462 e. The average Bonchev–Trinajstić information content (AvgIpc) is 3.14. The summed E-state index contributed by atoms with van der Waals surface area (Å²) >= 11 is 0. The number of halogens is 1. The van der Waals surface area contributed by atoms with Crippen LogP contribution >= 0.6 is 0 Å². The first kappa shape index (κ1) is 22.0. The number of rotatable bonds is 5. The first-order valence-corrected chi connectivity index (χ1v) is 10.9. The highest BCUT2D eigenvalue weighted by atomic mass is 19.1. The monoisotopic (exact) mass is 469 g/mol. The zero-order valence-corrected chi connectivity index (χ0v) is 18.7. The summed E-state index contributed by atoms with van der Waals surface area (Å²) < 4.78 is 20.0. The van der Waals surface area contributed by atoms with Gasteiger partial charge >= 0.3 is 5.97 Å².